The Labute approximate surface area is 115 Å². The van der Waals surface area contributed by atoms with Crippen molar-refractivity contribution >= 4 is 17.3 Å². The number of carboxylic acid groups (broad SMARTS) is 1. The predicted molar refractivity (Wildman–Crippen MR) is 75.3 cm³/mol. The summed E-state index contributed by atoms with van der Waals surface area (Å²) >= 11 is 1.61. The summed E-state index contributed by atoms with van der Waals surface area (Å²) in [6.07, 6.45) is 0. The smallest absolute Gasteiger partial charge is 0.337 e. The van der Waals surface area contributed by atoms with Crippen molar-refractivity contribution in [2.45, 2.75) is 27.3 Å². The summed E-state index contributed by atoms with van der Waals surface area (Å²) in [4.78, 5) is 25.5. The van der Waals surface area contributed by atoms with Crippen molar-refractivity contribution in [3.05, 3.63) is 55.1 Å². The van der Waals surface area contributed by atoms with Gasteiger partial charge in [0, 0.05) is 21.5 Å². The third-order valence-electron chi connectivity index (χ3n) is 3.09. The first-order chi connectivity index (χ1) is 8.90. The maximum atomic E-state index is 12.0. The summed E-state index contributed by atoms with van der Waals surface area (Å²) in [5.41, 5.74) is 1.07. The van der Waals surface area contributed by atoms with Crippen molar-refractivity contribution in [2.24, 2.45) is 0 Å². The quantitative estimate of drug-likeness (QED) is 0.938. The molecule has 2 heterocycles. The lowest BCUT2D eigenvalue weighted by atomic mass is 10.1. The van der Waals surface area contributed by atoms with Crippen LogP contribution in [0.15, 0.2) is 23.0 Å². The van der Waals surface area contributed by atoms with Crippen LogP contribution in [0.4, 0.5) is 0 Å². The molecule has 0 bridgehead atoms. The molecule has 0 aromatic carbocycles. The molecule has 0 fully saturated rings. The first-order valence-corrected chi connectivity index (χ1v) is 6.71. The van der Waals surface area contributed by atoms with Crippen molar-refractivity contribution in [1.82, 2.24) is 4.57 Å². The second kappa shape index (κ2) is 5.01. The fraction of sp³-hybridized carbons (Fsp3) is 0.286. The summed E-state index contributed by atoms with van der Waals surface area (Å²) in [7, 11) is 0. The van der Waals surface area contributed by atoms with Gasteiger partial charge in [-0.25, -0.2) is 4.79 Å². The van der Waals surface area contributed by atoms with Gasteiger partial charge in [0.15, 0.2) is 0 Å². The van der Waals surface area contributed by atoms with Crippen LogP contribution in [0.2, 0.25) is 0 Å². The van der Waals surface area contributed by atoms with Crippen LogP contribution in [0.5, 0.6) is 0 Å². The highest BCUT2D eigenvalue weighted by Crippen LogP contribution is 2.18. The van der Waals surface area contributed by atoms with E-state index in [1.54, 1.807) is 25.2 Å². The monoisotopic (exact) mass is 277 g/mol. The van der Waals surface area contributed by atoms with E-state index < -0.39 is 5.97 Å². The van der Waals surface area contributed by atoms with Gasteiger partial charge in [0.25, 0.3) is 5.56 Å². The van der Waals surface area contributed by atoms with Crippen molar-refractivity contribution in [2.75, 3.05) is 0 Å². The topological polar surface area (TPSA) is 59.3 Å². The average Bonchev–Trinajstić information content (AvgIpc) is 2.69. The van der Waals surface area contributed by atoms with E-state index in [0.29, 0.717) is 17.8 Å². The first kappa shape index (κ1) is 13.5. The number of aryl methyl sites for hydroxylation is 2. The summed E-state index contributed by atoms with van der Waals surface area (Å²) in [6, 6.07) is 5.34. The molecular weight excluding hydrogens is 262 g/mol. The Kier molecular flexibility index (Phi) is 3.57. The third kappa shape index (κ3) is 2.61. The molecule has 1 N–H and O–H groups in total. The number of pyridine rings is 1. The molecule has 0 saturated heterocycles. The molecule has 0 spiro atoms. The van der Waals surface area contributed by atoms with Crippen LogP contribution in [-0.4, -0.2) is 15.6 Å². The van der Waals surface area contributed by atoms with Gasteiger partial charge in [-0.1, -0.05) is 0 Å². The third-order valence-corrected chi connectivity index (χ3v) is 4.08. The summed E-state index contributed by atoms with van der Waals surface area (Å²) < 4.78 is 1.52. The Hall–Kier alpha value is -1.88. The minimum Gasteiger partial charge on any atom is -0.478 e. The van der Waals surface area contributed by atoms with Gasteiger partial charge in [-0.05, 0) is 38.5 Å². The Morgan fingerprint density at radius 3 is 2.53 bits per heavy atom. The number of thiophene rings is 1. The number of nitrogens with zero attached hydrogens (tertiary/aromatic N) is 1. The maximum Gasteiger partial charge on any atom is 0.337 e. The van der Waals surface area contributed by atoms with E-state index in [1.165, 1.54) is 15.5 Å². The lowest BCUT2D eigenvalue weighted by Crippen LogP contribution is -2.25. The molecule has 0 amide bonds. The number of carboxylic acids is 1. The highest BCUT2D eigenvalue weighted by molar-refractivity contribution is 7.11. The van der Waals surface area contributed by atoms with Gasteiger partial charge in [-0.15, -0.1) is 11.3 Å². The van der Waals surface area contributed by atoms with E-state index in [-0.39, 0.29) is 11.1 Å². The fourth-order valence-electron chi connectivity index (χ4n) is 2.17. The Morgan fingerprint density at radius 1 is 1.32 bits per heavy atom. The van der Waals surface area contributed by atoms with E-state index in [4.69, 9.17) is 0 Å². The van der Waals surface area contributed by atoms with Gasteiger partial charge in [0.2, 0.25) is 0 Å². The second-order valence-electron chi connectivity index (χ2n) is 4.53. The maximum absolute atomic E-state index is 12.0. The van der Waals surface area contributed by atoms with Crippen LogP contribution < -0.4 is 5.56 Å². The molecule has 0 aliphatic rings. The predicted octanol–water partition coefficient (Wildman–Crippen LogP) is 2.58. The summed E-state index contributed by atoms with van der Waals surface area (Å²) in [5.74, 6) is -0.994. The SMILES string of the molecule is Cc1ccc(Cn2c(C)c(C(=O)O)c(C)cc2=O)s1. The van der Waals surface area contributed by atoms with Gasteiger partial charge in [-0.3, -0.25) is 4.79 Å². The zero-order chi connectivity index (χ0) is 14.2. The Balaban J connectivity index is 2.54. The van der Waals surface area contributed by atoms with Gasteiger partial charge in [0.05, 0.1) is 12.1 Å². The largest absolute Gasteiger partial charge is 0.478 e. The van der Waals surface area contributed by atoms with Crippen molar-refractivity contribution in [3.8, 4) is 0 Å². The van der Waals surface area contributed by atoms with Crippen LogP contribution in [0.25, 0.3) is 0 Å². The first-order valence-electron chi connectivity index (χ1n) is 5.90. The molecule has 2 aromatic heterocycles. The average molecular weight is 277 g/mol. The molecule has 0 aliphatic carbocycles. The summed E-state index contributed by atoms with van der Waals surface area (Å²) in [5, 5.41) is 9.22. The van der Waals surface area contributed by atoms with Crippen LogP contribution >= 0.6 is 11.3 Å². The molecule has 2 rings (SSSR count). The molecular formula is C14H15NO3S. The van der Waals surface area contributed by atoms with Gasteiger partial charge in [-0.2, -0.15) is 0 Å². The Morgan fingerprint density at radius 2 is 2.00 bits per heavy atom. The molecule has 0 unspecified atom stereocenters. The molecule has 0 aliphatic heterocycles. The molecule has 4 nitrogen and oxygen atoms in total. The molecule has 19 heavy (non-hydrogen) atoms. The van der Waals surface area contributed by atoms with Crippen LogP contribution in [-0.2, 0) is 6.54 Å². The standard InChI is InChI=1S/C14H15NO3S/c1-8-6-12(16)15(10(3)13(8)14(17)18)7-11-5-4-9(2)19-11/h4-6H,7H2,1-3H3,(H,17,18). The van der Waals surface area contributed by atoms with Crippen molar-refractivity contribution in [1.29, 1.82) is 0 Å². The number of aromatic nitrogens is 1. The van der Waals surface area contributed by atoms with E-state index in [9.17, 15) is 14.7 Å². The molecule has 2 aromatic rings. The molecule has 100 valence electrons. The molecule has 0 saturated carbocycles. The highest BCUT2D eigenvalue weighted by Gasteiger charge is 2.16. The van der Waals surface area contributed by atoms with E-state index >= 15 is 0 Å². The Bertz CT molecular complexity index is 697. The number of hydrogen-bond donors (Lipinski definition) is 1. The van der Waals surface area contributed by atoms with E-state index in [1.807, 2.05) is 19.1 Å². The minimum absolute atomic E-state index is 0.161. The van der Waals surface area contributed by atoms with Crippen LogP contribution in [0.1, 0.15) is 31.4 Å². The second-order valence-corrected chi connectivity index (χ2v) is 5.90. The fourth-order valence-corrected chi connectivity index (χ4v) is 3.05. The number of hydrogen-bond acceptors (Lipinski definition) is 3. The summed E-state index contributed by atoms with van der Waals surface area (Å²) in [6.45, 7) is 5.75. The van der Waals surface area contributed by atoms with Gasteiger partial charge >= 0.3 is 5.97 Å². The van der Waals surface area contributed by atoms with E-state index in [2.05, 4.69) is 0 Å². The molecule has 0 radical (unpaired) electrons. The lowest BCUT2D eigenvalue weighted by molar-refractivity contribution is 0.0694. The van der Waals surface area contributed by atoms with Crippen LogP contribution in [0, 0.1) is 20.8 Å². The van der Waals surface area contributed by atoms with Crippen molar-refractivity contribution in [3.63, 3.8) is 0 Å². The zero-order valence-corrected chi connectivity index (χ0v) is 11.9. The number of rotatable bonds is 3. The van der Waals surface area contributed by atoms with Crippen LogP contribution in [0.3, 0.4) is 0 Å². The van der Waals surface area contributed by atoms with Gasteiger partial charge in [0.1, 0.15) is 0 Å². The molecule has 0 atom stereocenters. The van der Waals surface area contributed by atoms with Gasteiger partial charge < -0.3 is 9.67 Å². The normalized spacial score (nSPS) is 10.7. The highest BCUT2D eigenvalue weighted by atomic mass is 32.1. The van der Waals surface area contributed by atoms with E-state index in [0.717, 1.165) is 4.88 Å². The molecule has 5 heteroatoms. The zero-order valence-electron chi connectivity index (χ0n) is 11.1. The number of aromatic carboxylic acids is 1. The number of carbonyl (C=O) groups is 1. The lowest BCUT2D eigenvalue weighted by Gasteiger charge is -2.13. The minimum atomic E-state index is -0.994. The van der Waals surface area contributed by atoms with Crippen molar-refractivity contribution < 1.29 is 9.90 Å².